The first kappa shape index (κ1) is 15.5. The number of benzene rings is 1. The molecular formula is C14H17N3O3. The van der Waals surface area contributed by atoms with Gasteiger partial charge in [-0.3, -0.25) is 4.79 Å². The smallest absolute Gasteiger partial charge is 0.263 e. The number of methoxy groups -OCH3 is 2. The first-order valence-electron chi connectivity index (χ1n) is 5.99. The Labute approximate surface area is 118 Å². The molecule has 0 radical (unpaired) electrons. The number of amides is 1. The van der Waals surface area contributed by atoms with Crippen molar-refractivity contribution < 1.29 is 14.3 Å². The van der Waals surface area contributed by atoms with Crippen molar-refractivity contribution in [3.05, 3.63) is 36.0 Å². The van der Waals surface area contributed by atoms with Crippen LogP contribution in [-0.2, 0) is 9.53 Å². The fourth-order valence-corrected chi connectivity index (χ4v) is 1.38. The lowest BCUT2D eigenvalue weighted by atomic mass is 10.2. The first-order chi connectivity index (χ1) is 9.71. The highest BCUT2D eigenvalue weighted by Crippen LogP contribution is 2.16. The molecule has 20 heavy (non-hydrogen) atoms. The number of nitrogens with one attached hydrogen (secondary N) is 2. The van der Waals surface area contributed by atoms with Gasteiger partial charge in [0.15, 0.2) is 0 Å². The van der Waals surface area contributed by atoms with Crippen LogP contribution in [0.3, 0.4) is 0 Å². The van der Waals surface area contributed by atoms with Crippen molar-refractivity contribution in [1.82, 2.24) is 5.32 Å². The summed E-state index contributed by atoms with van der Waals surface area (Å²) in [5, 5.41) is 14.4. The Morgan fingerprint density at radius 2 is 2.25 bits per heavy atom. The van der Waals surface area contributed by atoms with Crippen molar-refractivity contribution in [2.24, 2.45) is 0 Å². The van der Waals surface area contributed by atoms with Crippen LogP contribution in [0, 0.1) is 11.3 Å². The van der Waals surface area contributed by atoms with E-state index in [0.717, 1.165) is 5.69 Å². The number of rotatable bonds is 7. The third kappa shape index (κ3) is 5.00. The molecule has 0 atom stereocenters. The molecule has 6 nitrogen and oxygen atoms in total. The van der Waals surface area contributed by atoms with E-state index >= 15 is 0 Å². The average molecular weight is 275 g/mol. The summed E-state index contributed by atoms with van der Waals surface area (Å²) >= 11 is 0. The zero-order chi connectivity index (χ0) is 14.8. The van der Waals surface area contributed by atoms with E-state index in [9.17, 15) is 4.79 Å². The molecule has 106 valence electrons. The molecule has 0 fully saturated rings. The molecule has 0 unspecified atom stereocenters. The zero-order valence-electron chi connectivity index (χ0n) is 11.5. The van der Waals surface area contributed by atoms with E-state index in [1.54, 1.807) is 31.4 Å². The van der Waals surface area contributed by atoms with E-state index < -0.39 is 5.91 Å². The van der Waals surface area contributed by atoms with Crippen LogP contribution < -0.4 is 15.4 Å². The number of hydrogen-bond donors (Lipinski definition) is 2. The van der Waals surface area contributed by atoms with Crippen LogP contribution in [0.5, 0.6) is 5.75 Å². The van der Waals surface area contributed by atoms with Gasteiger partial charge in [0.1, 0.15) is 17.4 Å². The molecule has 1 rings (SSSR count). The highest BCUT2D eigenvalue weighted by Gasteiger charge is 2.07. The van der Waals surface area contributed by atoms with Crippen molar-refractivity contribution in [2.75, 3.05) is 32.7 Å². The van der Waals surface area contributed by atoms with Gasteiger partial charge >= 0.3 is 0 Å². The van der Waals surface area contributed by atoms with Crippen LogP contribution in [0.2, 0.25) is 0 Å². The molecule has 0 aliphatic carbocycles. The van der Waals surface area contributed by atoms with E-state index in [1.807, 2.05) is 6.07 Å². The van der Waals surface area contributed by atoms with Crippen molar-refractivity contribution >= 4 is 11.6 Å². The summed E-state index contributed by atoms with van der Waals surface area (Å²) in [5.41, 5.74) is 0.714. The number of nitriles is 1. The molecule has 0 heterocycles. The molecule has 0 bridgehead atoms. The molecule has 6 heteroatoms. The van der Waals surface area contributed by atoms with Gasteiger partial charge in [-0.05, 0) is 12.1 Å². The summed E-state index contributed by atoms with van der Waals surface area (Å²) in [6.45, 7) is 0.751. The maximum absolute atomic E-state index is 11.7. The standard InChI is InChI=1S/C14H17N3O3/c1-19-7-6-16-14(18)11(9-15)10-17-12-4-3-5-13(8-12)20-2/h3-5,8,10,17H,6-7H2,1-2H3,(H,16,18)/b11-10-. The zero-order valence-corrected chi connectivity index (χ0v) is 11.5. The number of ether oxygens (including phenoxy) is 2. The van der Waals surface area contributed by atoms with Crippen LogP contribution in [0.15, 0.2) is 36.0 Å². The predicted octanol–water partition coefficient (Wildman–Crippen LogP) is 1.28. The van der Waals surface area contributed by atoms with Crippen molar-refractivity contribution in [3.8, 4) is 11.8 Å². The minimum absolute atomic E-state index is 0.0103. The summed E-state index contributed by atoms with van der Waals surface area (Å²) in [7, 11) is 3.11. The Balaban J connectivity index is 2.65. The number of nitrogens with zero attached hydrogens (tertiary/aromatic N) is 1. The second-order valence-corrected chi connectivity index (χ2v) is 3.79. The average Bonchev–Trinajstić information content (AvgIpc) is 2.48. The van der Waals surface area contributed by atoms with E-state index in [4.69, 9.17) is 14.7 Å². The Hall–Kier alpha value is -2.52. The third-order valence-corrected chi connectivity index (χ3v) is 2.41. The fourth-order valence-electron chi connectivity index (χ4n) is 1.38. The molecule has 0 aliphatic rings. The highest BCUT2D eigenvalue weighted by molar-refractivity contribution is 5.97. The minimum Gasteiger partial charge on any atom is -0.497 e. The van der Waals surface area contributed by atoms with Gasteiger partial charge < -0.3 is 20.1 Å². The van der Waals surface area contributed by atoms with Crippen LogP contribution in [-0.4, -0.2) is 33.3 Å². The van der Waals surface area contributed by atoms with Crippen LogP contribution in [0.4, 0.5) is 5.69 Å². The molecule has 0 saturated heterocycles. The predicted molar refractivity (Wildman–Crippen MR) is 75.2 cm³/mol. The van der Waals surface area contributed by atoms with Crippen molar-refractivity contribution in [3.63, 3.8) is 0 Å². The van der Waals surface area contributed by atoms with Gasteiger partial charge in [-0.1, -0.05) is 6.07 Å². The number of carbonyl (C=O) groups excluding carboxylic acids is 1. The molecule has 1 aromatic rings. The largest absolute Gasteiger partial charge is 0.497 e. The second-order valence-electron chi connectivity index (χ2n) is 3.79. The van der Waals surface area contributed by atoms with Crippen molar-refractivity contribution in [1.29, 1.82) is 5.26 Å². The van der Waals surface area contributed by atoms with Gasteiger partial charge in [-0.25, -0.2) is 0 Å². The lowest BCUT2D eigenvalue weighted by Gasteiger charge is -2.06. The molecule has 2 N–H and O–H groups in total. The molecule has 0 aliphatic heterocycles. The van der Waals surface area contributed by atoms with E-state index in [0.29, 0.717) is 18.9 Å². The summed E-state index contributed by atoms with van der Waals surface area (Å²) in [6.07, 6.45) is 1.36. The van der Waals surface area contributed by atoms with Crippen molar-refractivity contribution in [2.45, 2.75) is 0 Å². The lowest BCUT2D eigenvalue weighted by molar-refractivity contribution is -0.117. The molecule has 1 amide bonds. The summed E-state index contributed by atoms with van der Waals surface area (Å²) < 4.78 is 9.90. The molecule has 0 aromatic heterocycles. The summed E-state index contributed by atoms with van der Waals surface area (Å²) in [6, 6.07) is 9.01. The van der Waals surface area contributed by atoms with Gasteiger partial charge in [0.05, 0.1) is 13.7 Å². The topological polar surface area (TPSA) is 83.4 Å². The van der Waals surface area contributed by atoms with E-state index in [2.05, 4.69) is 10.6 Å². The summed E-state index contributed by atoms with van der Waals surface area (Å²) in [5.74, 6) is 0.242. The van der Waals surface area contributed by atoms with Gasteiger partial charge in [-0.2, -0.15) is 5.26 Å². The number of anilines is 1. The Kier molecular flexibility index (Phi) is 6.65. The maximum Gasteiger partial charge on any atom is 0.263 e. The first-order valence-corrected chi connectivity index (χ1v) is 5.99. The Morgan fingerprint density at radius 1 is 1.45 bits per heavy atom. The monoisotopic (exact) mass is 275 g/mol. The maximum atomic E-state index is 11.7. The number of hydrogen-bond acceptors (Lipinski definition) is 5. The fraction of sp³-hybridized carbons (Fsp3) is 0.286. The van der Waals surface area contributed by atoms with E-state index in [1.165, 1.54) is 13.3 Å². The molecule has 0 spiro atoms. The van der Waals surface area contributed by atoms with Gasteiger partial charge in [0, 0.05) is 31.6 Å². The Bertz CT molecular complexity index is 521. The normalized spacial score (nSPS) is 10.6. The van der Waals surface area contributed by atoms with Gasteiger partial charge in [0.25, 0.3) is 5.91 Å². The van der Waals surface area contributed by atoms with E-state index in [-0.39, 0.29) is 5.57 Å². The summed E-state index contributed by atoms with van der Waals surface area (Å²) in [4.78, 5) is 11.7. The third-order valence-electron chi connectivity index (χ3n) is 2.41. The highest BCUT2D eigenvalue weighted by atomic mass is 16.5. The van der Waals surface area contributed by atoms with Crippen LogP contribution >= 0.6 is 0 Å². The van der Waals surface area contributed by atoms with Gasteiger partial charge in [-0.15, -0.1) is 0 Å². The van der Waals surface area contributed by atoms with Crippen LogP contribution in [0.25, 0.3) is 0 Å². The Morgan fingerprint density at radius 3 is 2.90 bits per heavy atom. The quantitative estimate of drug-likeness (QED) is 0.445. The minimum atomic E-state index is -0.444. The molecular weight excluding hydrogens is 258 g/mol. The molecule has 1 aromatic carbocycles. The second kappa shape index (κ2) is 8.56. The SMILES string of the molecule is COCCNC(=O)/C(C#N)=C\Nc1cccc(OC)c1. The van der Waals surface area contributed by atoms with Gasteiger partial charge in [0.2, 0.25) is 0 Å². The van der Waals surface area contributed by atoms with Crippen LogP contribution in [0.1, 0.15) is 0 Å². The number of carbonyl (C=O) groups is 1. The molecule has 0 saturated carbocycles. The lowest BCUT2D eigenvalue weighted by Crippen LogP contribution is -2.28.